The van der Waals surface area contributed by atoms with Crippen molar-refractivity contribution in [2.24, 2.45) is 0 Å². The maximum Gasteiger partial charge on any atom is 0.298 e. The minimum absolute atomic E-state index is 0.0851. The SMILES string of the molecule is Cc1ccnc(-c2cccc(F)c2)c1[N+](=O)[O-]. The van der Waals surface area contributed by atoms with Crippen LogP contribution in [0.5, 0.6) is 0 Å². The van der Waals surface area contributed by atoms with Crippen molar-refractivity contribution in [3.63, 3.8) is 0 Å². The van der Waals surface area contributed by atoms with Gasteiger partial charge in [0.25, 0.3) is 5.69 Å². The van der Waals surface area contributed by atoms with Crippen LogP contribution < -0.4 is 0 Å². The fourth-order valence-electron chi connectivity index (χ4n) is 1.63. The Kier molecular flexibility index (Phi) is 2.82. The topological polar surface area (TPSA) is 56.0 Å². The largest absolute Gasteiger partial charge is 0.298 e. The van der Waals surface area contributed by atoms with Crippen LogP contribution in [0.2, 0.25) is 0 Å². The van der Waals surface area contributed by atoms with Crippen molar-refractivity contribution < 1.29 is 9.31 Å². The van der Waals surface area contributed by atoms with Gasteiger partial charge < -0.3 is 0 Å². The third-order valence-corrected chi connectivity index (χ3v) is 2.41. The number of benzene rings is 1. The normalized spacial score (nSPS) is 10.2. The molecule has 1 aromatic carbocycles. The predicted molar refractivity (Wildman–Crippen MR) is 61.0 cm³/mol. The van der Waals surface area contributed by atoms with Crippen molar-refractivity contribution in [3.05, 3.63) is 58.0 Å². The van der Waals surface area contributed by atoms with Gasteiger partial charge in [-0.05, 0) is 25.1 Å². The van der Waals surface area contributed by atoms with Gasteiger partial charge in [-0.25, -0.2) is 9.37 Å². The summed E-state index contributed by atoms with van der Waals surface area (Å²) in [7, 11) is 0. The Balaban J connectivity index is 2.67. The van der Waals surface area contributed by atoms with Crippen LogP contribution in [0.1, 0.15) is 5.56 Å². The number of aromatic nitrogens is 1. The molecule has 0 bridgehead atoms. The van der Waals surface area contributed by atoms with Gasteiger partial charge in [-0.15, -0.1) is 0 Å². The number of rotatable bonds is 2. The Bertz CT molecular complexity index is 584. The van der Waals surface area contributed by atoms with E-state index in [4.69, 9.17) is 0 Å². The molecule has 2 rings (SSSR count). The van der Waals surface area contributed by atoms with Crippen LogP contribution in [-0.4, -0.2) is 9.91 Å². The molecule has 1 heterocycles. The molecule has 86 valence electrons. The number of pyridine rings is 1. The van der Waals surface area contributed by atoms with Crippen LogP contribution in [0, 0.1) is 22.9 Å². The Labute approximate surface area is 96.9 Å². The average molecular weight is 232 g/mol. The van der Waals surface area contributed by atoms with Gasteiger partial charge in [-0.2, -0.15) is 0 Å². The van der Waals surface area contributed by atoms with Crippen LogP contribution in [0.4, 0.5) is 10.1 Å². The highest BCUT2D eigenvalue weighted by Crippen LogP contribution is 2.30. The van der Waals surface area contributed by atoms with Gasteiger partial charge in [0.2, 0.25) is 0 Å². The Hall–Kier alpha value is -2.30. The van der Waals surface area contributed by atoms with Gasteiger partial charge in [0.15, 0.2) is 0 Å². The second kappa shape index (κ2) is 4.29. The number of halogens is 1. The first-order valence-electron chi connectivity index (χ1n) is 4.95. The van der Waals surface area contributed by atoms with Crippen LogP contribution in [0.15, 0.2) is 36.5 Å². The molecule has 0 aliphatic carbocycles. The Morgan fingerprint density at radius 1 is 1.35 bits per heavy atom. The van der Waals surface area contributed by atoms with E-state index >= 15 is 0 Å². The van der Waals surface area contributed by atoms with Gasteiger partial charge in [0, 0.05) is 17.3 Å². The number of hydrogen-bond acceptors (Lipinski definition) is 3. The van der Waals surface area contributed by atoms with Gasteiger partial charge in [0.1, 0.15) is 11.5 Å². The summed E-state index contributed by atoms with van der Waals surface area (Å²) in [6.45, 7) is 1.63. The molecule has 0 aliphatic heterocycles. The standard InChI is InChI=1S/C12H9FN2O2/c1-8-5-6-14-11(12(8)15(16)17)9-3-2-4-10(13)7-9/h2-7H,1H3. The van der Waals surface area contributed by atoms with Gasteiger partial charge in [0.05, 0.1) is 4.92 Å². The first kappa shape index (κ1) is 11.2. The molecule has 17 heavy (non-hydrogen) atoms. The fourth-order valence-corrected chi connectivity index (χ4v) is 1.63. The average Bonchev–Trinajstić information content (AvgIpc) is 2.28. The summed E-state index contributed by atoms with van der Waals surface area (Å²) in [5.41, 5.74) is 1.01. The minimum Gasteiger partial charge on any atom is -0.258 e. The highest BCUT2D eigenvalue weighted by Gasteiger charge is 2.19. The molecule has 0 radical (unpaired) electrons. The third kappa shape index (κ3) is 2.13. The summed E-state index contributed by atoms with van der Waals surface area (Å²) in [6, 6.07) is 7.16. The summed E-state index contributed by atoms with van der Waals surface area (Å²) >= 11 is 0. The second-order valence-corrected chi connectivity index (χ2v) is 3.59. The van der Waals surface area contributed by atoms with Crippen LogP contribution >= 0.6 is 0 Å². The number of aryl methyl sites for hydroxylation is 1. The van der Waals surface area contributed by atoms with E-state index in [1.807, 2.05) is 0 Å². The molecule has 0 saturated heterocycles. The maximum atomic E-state index is 13.1. The predicted octanol–water partition coefficient (Wildman–Crippen LogP) is 3.10. The van der Waals surface area contributed by atoms with Crippen LogP contribution in [0.3, 0.4) is 0 Å². The van der Waals surface area contributed by atoms with E-state index < -0.39 is 10.7 Å². The van der Waals surface area contributed by atoms with Gasteiger partial charge in [-0.1, -0.05) is 12.1 Å². The lowest BCUT2D eigenvalue weighted by atomic mass is 10.1. The fraction of sp³-hybridized carbons (Fsp3) is 0.0833. The minimum atomic E-state index is -0.497. The molecule has 0 N–H and O–H groups in total. The van der Waals surface area contributed by atoms with Crippen molar-refractivity contribution in [2.75, 3.05) is 0 Å². The first-order valence-corrected chi connectivity index (χ1v) is 4.95. The van der Waals surface area contributed by atoms with E-state index in [1.165, 1.54) is 24.4 Å². The summed E-state index contributed by atoms with van der Waals surface area (Å²) in [5, 5.41) is 11.0. The van der Waals surface area contributed by atoms with Crippen molar-refractivity contribution in [1.82, 2.24) is 4.98 Å². The zero-order chi connectivity index (χ0) is 12.4. The summed E-state index contributed by atoms with van der Waals surface area (Å²) in [4.78, 5) is 14.4. The molecule has 0 atom stereocenters. The summed E-state index contributed by atoms with van der Waals surface area (Å²) < 4.78 is 13.1. The van der Waals surface area contributed by atoms with Crippen LogP contribution in [-0.2, 0) is 0 Å². The number of nitro groups is 1. The molecule has 0 aliphatic rings. The van der Waals surface area contributed by atoms with E-state index in [0.717, 1.165) is 0 Å². The zero-order valence-corrected chi connectivity index (χ0v) is 9.05. The lowest BCUT2D eigenvalue weighted by Crippen LogP contribution is -1.97. The second-order valence-electron chi connectivity index (χ2n) is 3.59. The molecule has 1 aromatic heterocycles. The summed E-state index contributed by atoms with van der Waals surface area (Å²) in [6.07, 6.45) is 1.47. The highest BCUT2D eigenvalue weighted by atomic mass is 19.1. The van der Waals surface area contributed by atoms with Crippen molar-refractivity contribution >= 4 is 5.69 Å². The van der Waals surface area contributed by atoms with Crippen LogP contribution in [0.25, 0.3) is 11.3 Å². The van der Waals surface area contributed by atoms with E-state index in [0.29, 0.717) is 11.1 Å². The molecular weight excluding hydrogens is 223 g/mol. The maximum absolute atomic E-state index is 13.1. The van der Waals surface area contributed by atoms with E-state index in [-0.39, 0.29) is 11.4 Å². The summed E-state index contributed by atoms with van der Waals surface area (Å²) in [5.74, 6) is -0.444. The highest BCUT2D eigenvalue weighted by molar-refractivity contribution is 5.71. The quantitative estimate of drug-likeness (QED) is 0.590. The Morgan fingerprint density at radius 2 is 2.12 bits per heavy atom. The number of nitrogens with zero attached hydrogens (tertiary/aromatic N) is 2. The lowest BCUT2D eigenvalue weighted by molar-refractivity contribution is -0.384. The van der Waals surface area contributed by atoms with Crippen molar-refractivity contribution in [3.8, 4) is 11.3 Å². The van der Waals surface area contributed by atoms with E-state index in [2.05, 4.69) is 4.98 Å². The molecular formula is C12H9FN2O2. The van der Waals surface area contributed by atoms with Gasteiger partial charge >= 0.3 is 0 Å². The third-order valence-electron chi connectivity index (χ3n) is 2.41. The van der Waals surface area contributed by atoms with Crippen molar-refractivity contribution in [1.29, 1.82) is 0 Å². The van der Waals surface area contributed by atoms with Crippen molar-refractivity contribution in [2.45, 2.75) is 6.92 Å². The zero-order valence-electron chi connectivity index (χ0n) is 9.05. The molecule has 5 heteroatoms. The van der Waals surface area contributed by atoms with E-state index in [9.17, 15) is 14.5 Å². The molecule has 4 nitrogen and oxygen atoms in total. The molecule has 2 aromatic rings. The smallest absolute Gasteiger partial charge is 0.258 e. The molecule has 0 amide bonds. The van der Waals surface area contributed by atoms with Gasteiger partial charge in [-0.3, -0.25) is 10.1 Å². The Morgan fingerprint density at radius 3 is 2.76 bits per heavy atom. The molecule has 0 fully saturated rings. The molecule has 0 spiro atoms. The number of hydrogen-bond donors (Lipinski definition) is 0. The monoisotopic (exact) mass is 232 g/mol. The first-order chi connectivity index (χ1) is 8.09. The van der Waals surface area contributed by atoms with E-state index in [1.54, 1.807) is 19.1 Å². The molecule has 0 saturated carbocycles. The lowest BCUT2D eigenvalue weighted by Gasteiger charge is -2.04. The molecule has 0 unspecified atom stereocenters.